The summed E-state index contributed by atoms with van der Waals surface area (Å²) in [6.07, 6.45) is 1.36. The Bertz CT molecular complexity index is 1030. The smallest absolute Gasteiger partial charge is 0.224 e. The molecule has 1 amide bonds. The van der Waals surface area contributed by atoms with Crippen molar-refractivity contribution in [3.05, 3.63) is 41.2 Å². The predicted molar refractivity (Wildman–Crippen MR) is 103 cm³/mol. The number of hydrogen-bond donors (Lipinski definition) is 1. The van der Waals surface area contributed by atoms with Crippen LogP contribution in [0, 0.1) is 25.2 Å². The molecule has 9 nitrogen and oxygen atoms in total. The van der Waals surface area contributed by atoms with Crippen LogP contribution in [0.3, 0.4) is 0 Å². The van der Waals surface area contributed by atoms with Crippen LogP contribution in [0.2, 0.25) is 0 Å². The Labute approximate surface area is 163 Å². The number of nitriles is 1. The molecule has 0 aliphatic heterocycles. The average molecular weight is 378 g/mol. The molecule has 0 aliphatic carbocycles. The highest BCUT2D eigenvalue weighted by atomic mass is 16.1. The molecule has 3 rings (SSSR count). The van der Waals surface area contributed by atoms with Gasteiger partial charge in [-0.2, -0.15) is 10.4 Å². The van der Waals surface area contributed by atoms with Crippen LogP contribution in [0.15, 0.2) is 24.3 Å². The number of benzene rings is 1. The second-order valence-electron chi connectivity index (χ2n) is 6.54. The van der Waals surface area contributed by atoms with Crippen LogP contribution >= 0.6 is 0 Å². The van der Waals surface area contributed by atoms with Crippen LogP contribution in [0.25, 0.3) is 11.4 Å². The summed E-state index contributed by atoms with van der Waals surface area (Å²) in [5.74, 6) is 0.559. The second kappa shape index (κ2) is 8.43. The van der Waals surface area contributed by atoms with Gasteiger partial charge in [-0.3, -0.25) is 9.48 Å². The Balaban J connectivity index is 1.63. The molecule has 3 aromatic rings. The number of rotatable bonds is 7. The summed E-state index contributed by atoms with van der Waals surface area (Å²) in [5, 5.41) is 27.6. The lowest BCUT2D eigenvalue weighted by molar-refractivity contribution is -0.116. The fourth-order valence-corrected chi connectivity index (χ4v) is 3.14. The number of carbonyl (C=O) groups excluding carboxylic acids is 1. The SMILES string of the molecule is Cc1nn(CCC#N)c(C)c1CCC(=O)Nc1cccc(-c2nnnn2C)c1. The first kappa shape index (κ1) is 19.2. The van der Waals surface area contributed by atoms with E-state index in [-0.39, 0.29) is 5.91 Å². The molecule has 28 heavy (non-hydrogen) atoms. The Morgan fingerprint density at radius 3 is 2.86 bits per heavy atom. The van der Waals surface area contributed by atoms with Gasteiger partial charge in [0.2, 0.25) is 5.91 Å². The lowest BCUT2D eigenvalue weighted by Gasteiger charge is -2.08. The lowest BCUT2D eigenvalue weighted by atomic mass is 10.1. The summed E-state index contributed by atoms with van der Waals surface area (Å²) in [6, 6.07) is 9.56. The molecule has 0 saturated heterocycles. The largest absolute Gasteiger partial charge is 0.326 e. The van der Waals surface area contributed by atoms with Gasteiger partial charge in [-0.15, -0.1) is 5.10 Å². The molecule has 1 N–H and O–H groups in total. The van der Waals surface area contributed by atoms with Gasteiger partial charge in [0.25, 0.3) is 0 Å². The summed E-state index contributed by atoms with van der Waals surface area (Å²) in [7, 11) is 1.77. The summed E-state index contributed by atoms with van der Waals surface area (Å²) < 4.78 is 3.42. The first-order chi connectivity index (χ1) is 13.5. The molecule has 0 atom stereocenters. The van der Waals surface area contributed by atoms with Gasteiger partial charge in [0, 0.05) is 30.4 Å². The number of tetrazole rings is 1. The van der Waals surface area contributed by atoms with E-state index in [9.17, 15) is 4.79 Å². The zero-order chi connectivity index (χ0) is 20.1. The number of hydrogen-bond acceptors (Lipinski definition) is 6. The first-order valence-electron chi connectivity index (χ1n) is 9.02. The van der Waals surface area contributed by atoms with Gasteiger partial charge in [0.05, 0.1) is 24.7 Å². The van der Waals surface area contributed by atoms with E-state index < -0.39 is 0 Å². The van der Waals surface area contributed by atoms with Crippen molar-refractivity contribution in [2.24, 2.45) is 7.05 Å². The van der Waals surface area contributed by atoms with E-state index in [1.807, 2.05) is 42.8 Å². The molecular formula is C19H22N8O. The molecule has 144 valence electrons. The number of aryl methyl sites for hydroxylation is 3. The van der Waals surface area contributed by atoms with Gasteiger partial charge < -0.3 is 5.32 Å². The minimum atomic E-state index is -0.0724. The maximum atomic E-state index is 12.4. The maximum Gasteiger partial charge on any atom is 0.224 e. The van der Waals surface area contributed by atoms with Gasteiger partial charge in [-0.25, -0.2) is 4.68 Å². The molecule has 0 fully saturated rings. The summed E-state index contributed by atoms with van der Waals surface area (Å²) >= 11 is 0. The van der Waals surface area contributed by atoms with Crippen LogP contribution in [0.1, 0.15) is 29.8 Å². The molecule has 2 aromatic heterocycles. The van der Waals surface area contributed by atoms with E-state index in [1.54, 1.807) is 11.7 Å². The zero-order valence-corrected chi connectivity index (χ0v) is 16.2. The molecular weight excluding hydrogens is 356 g/mol. The van der Waals surface area contributed by atoms with Gasteiger partial charge >= 0.3 is 0 Å². The lowest BCUT2D eigenvalue weighted by Crippen LogP contribution is -2.13. The molecule has 0 unspecified atom stereocenters. The zero-order valence-electron chi connectivity index (χ0n) is 16.2. The van der Waals surface area contributed by atoms with E-state index >= 15 is 0 Å². The van der Waals surface area contributed by atoms with Crippen molar-refractivity contribution in [2.45, 2.75) is 39.7 Å². The van der Waals surface area contributed by atoms with Crippen molar-refractivity contribution in [1.29, 1.82) is 5.26 Å². The van der Waals surface area contributed by atoms with Gasteiger partial charge in [0.15, 0.2) is 5.82 Å². The standard InChI is InChI=1S/C19H22N8O/c1-13-17(14(2)27(23-13)11-5-10-20)8-9-18(28)21-16-7-4-6-15(12-16)19-22-24-25-26(19)3/h4,6-7,12H,5,8-9,11H2,1-3H3,(H,21,28). The number of carbonyl (C=O) groups is 1. The predicted octanol–water partition coefficient (Wildman–Crippen LogP) is 2.18. The molecule has 0 radical (unpaired) electrons. The second-order valence-corrected chi connectivity index (χ2v) is 6.54. The highest BCUT2D eigenvalue weighted by Gasteiger charge is 2.13. The van der Waals surface area contributed by atoms with Gasteiger partial charge in [-0.1, -0.05) is 12.1 Å². The Kier molecular flexibility index (Phi) is 5.79. The third-order valence-electron chi connectivity index (χ3n) is 4.59. The Morgan fingerprint density at radius 1 is 1.32 bits per heavy atom. The van der Waals surface area contributed by atoms with E-state index in [1.165, 1.54) is 0 Å². The van der Waals surface area contributed by atoms with Crippen molar-refractivity contribution < 1.29 is 4.79 Å². The van der Waals surface area contributed by atoms with Crippen molar-refractivity contribution in [3.8, 4) is 17.5 Å². The van der Waals surface area contributed by atoms with Crippen LogP contribution in [-0.2, 0) is 24.8 Å². The fourth-order valence-electron chi connectivity index (χ4n) is 3.14. The molecule has 0 spiro atoms. The number of nitrogens with one attached hydrogen (secondary N) is 1. The third-order valence-corrected chi connectivity index (χ3v) is 4.59. The summed E-state index contributed by atoms with van der Waals surface area (Å²) in [5.41, 5.74) is 4.50. The minimum Gasteiger partial charge on any atom is -0.326 e. The molecule has 0 bridgehead atoms. The maximum absolute atomic E-state index is 12.4. The molecule has 0 aliphatic rings. The fraction of sp³-hybridized carbons (Fsp3) is 0.368. The Hall–Kier alpha value is -3.54. The number of anilines is 1. The number of amides is 1. The van der Waals surface area contributed by atoms with Crippen molar-refractivity contribution in [2.75, 3.05) is 5.32 Å². The molecule has 1 aromatic carbocycles. The third kappa shape index (κ3) is 4.23. The van der Waals surface area contributed by atoms with Crippen molar-refractivity contribution in [1.82, 2.24) is 30.0 Å². The van der Waals surface area contributed by atoms with Gasteiger partial charge in [0.1, 0.15) is 0 Å². The first-order valence-corrected chi connectivity index (χ1v) is 9.02. The molecule has 0 saturated carbocycles. The van der Waals surface area contributed by atoms with E-state index in [4.69, 9.17) is 5.26 Å². The van der Waals surface area contributed by atoms with Crippen LogP contribution in [0.4, 0.5) is 5.69 Å². The monoisotopic (exact) mass is 378 g/mol. The van der Waals surface area contributed by atoms with Crippen LogP contribution in [0.5, 0.6) is 0 Å². The normalized spacial score (nSPS) is 10.6. The average Bonchev–Trinajstić information content (AvgIpc) is 3.21. The van der Waals surface area contributed by atoms with Crippen LogP contribution in [-0.4, -0.2) is 35.9 Å². The minimum absolute atomic E-state index is 0.0724. The van der Waals surface area contributed by atoms with E-state index in [2.05, 4.69) is 32.0 Å². The Morgan fingerprint density at radius 2 is 2.14 bits per heavy atom. The van der Waals surface area contributed by atoms with Gasteiger partial charge in [-0.05, 0) is 48.4 Å². The topological polar surface area (TPSA) is 114 Å². The van der Waals surface area contributed by atoms with Crippen molar-refractivity contribution in [3.63, 3.8) is 0 Å². The van der Waals surface area contributed by atoms with E-state index in [0.29, 0.717) is 37.3 Å². The number of nitrogens with zero attached hydrogens (tertiary/aromatic N) is 7. The highest BCUT2D eigenvalue weighted by molar-refractivity contribution is 5.91. The molecule has 2 heterocycles. The van der Waals surface area contributed by atoms with Crippen LogP contribution < -0.4 is 5.32 Å². The molecule has 9 heteroatoms. The summed E-state index contributed by atoms with van der Waals surface area (Å²) in [6.45, 7) is 4.48. The van der Waals surface area contributed by atoms with Crippen molar-refractivity contribution >= 4 is 11.6 Å². The highest BCUT2D eigenvalue weighted by Crippen LogP contribution is 2.20. The number of aromatic nitrogens is 6. The summed E-state index contributed by atoms with van der Waals surface area (Å²) in [4.78, 5) is 12.4. The van der Waals surface area contributed by atoms with E-state index in [0.717, 1.165) is 22.5 Å². The quantitative estimate of drug-likeness (QED) is 0.674.